The molecule has 2 atom stereocenters. The number of hydrogen-bond acceptors (Lipinski definition) is 3. The van der Waals surface area contributed by atoms with Crippen molar-refractivity contribution in [3.05, 3.63) is 35.4 Å². The summed E-state index contributed by atoms with van der Waals surface area (Å²) >= 11 is 0. The van der Waals surface area contributed by atoms with Gasteiger partial charge in [0.05, 0.1) is 6.10 Å². The molecule has 0 aliphatic carbocycles. The van der Waals surface area contributed by atoms with Gasteiger partial charge in [0.1, 0.15) is 0 Å². The van der Waals surface area contributed by atoms with Gasteiger partial charge in [0.15, 0.2) is 0 Å². The molecule has 3 N–H and O–H groups in total. The van der Waals surface area contributed by atoms with Crippen LogP contribution in [0.25, 0.3) is 0 Å². The first-order chi connectivity index (χ1) is 8.66. The molecular weight excluding hydrogens is 228 g/mol. The summed E-state index contributed by atoms with van der Waals surface area (Å²) in [6.07, 6.45) is 2.62. The van der Waals surface area contributed by atoms with Crippen LogP contribution in [0, 0.1) is 0 Å². The summed E-state index contributed by atoms with van der Waals surface area (Å²) in [5.41, 5.74) is 6.89. The molecule has 0 aromatic heterocycles. The highest BCUT2D eigenvalue weighted by Gasteiger charge is 2.21. The van der Waals surface area contributed by atoms with E-state index in [4.69, 9.17) is 10.5 Å². The number of primary amides is 1. The molecule has 1 amide bonds. The number of benzene rings is 1. The van der Waals surface area contributed by atoms with Crippen molar-refractivity contribution in [2.45, 2.75) is 38.5 Å². The lowest BCUT2D eigenvalue weighted by Crippen LogP contribution is -2.36. The second kappa shape index (κ2) is 5.98. The zero-order valence-electron chi connectivity index (χ0n) is 10.7. The van der Waals surface area contributed by atoms with Crippen LogP contribution in [0.3, 0.4) is 0 Å². The lowest BCUT2D eigenvalue weighted by Gasteiger charge is -2.20. The number of rotatable bonds is 5. The lowest BCUT2D eigenvalue weighted by atomic mass is 10.1. The van der Waals surface area contributed by atoms with Gasteiger partial charge in [-0.3, -0.25) is 4.79 Å². The van der Waals surface area contributed by atoms with E-state index in [1.165, 1.54) is 0 Å². The number of hydrogen-bond donors (Lipinski definition) is 2. The Hall–Kier alpha value is -1.39. The SMILES string of the molecule is CC(NCc1ccc(C(N)=O)cc1)C1CCCO1. The molecule has 1 aromatic carbocycles. The zero-order chi connectivity index (χ0) is 13.0. The average molecular weight is 248 g/mol. The van der Waals surface area contributed by atoms with E-state index in [2.05, 4.69) is 12.2 Å². The quantitative estimate of drug-likeness (QED) is 0.828. The summed E-state index contributed by atoms with van der Waals surface area (Å²) in [5, 5.41) is 3.45. The van der Waals surface area contributed by atoms with Gasteiger partial charge in [0.2, 0.25) is 5.91 Å². The number of carbonyl (C=O) groups is 1. The summed E-state index contributed by atoms with van der Waals surface area (Å²) in [6, 6.07) is 7.72. The van der Waals surface area contributed by atoms with E-state index < -0.39 is 0 Å². The summed E-state index contributed by atoms with van der Waals surface area (Å²) in [6.45, 7) is 3.80. The molecule has 2 rings (SSSR count). The van der Waals surface area contributed by atoms with Crippen LogP contribution in [-0.2, 0) is 11.3 Å². The maximum absolute atomic E-state index is 10.9. The Morgan fingerprint density at radius 2 is 2.22 bits per heavy atom. The van der Waals surface area contributed by atoms with Crippen LogP contribution in [0.2, 0.25) is 0 Å². The molecule has 1 heterocycles. The topological polar surface area (TPSA) is 64.3 Å². The largest absolute Gasteiger partial charge is 0.377 e. The molecule has 1 aliphatic heterocycles. The smallest absolute Gasteiger partial charge is 0.248 e. The highest BCUT2D eigenvalue weighted by molar-refractivity contribution is 5.92. The predicted molar refractivity (Wildman–Crippen MR) is 70.2 cm³/mol. The standard InChI is InChI=1S/C14H20N2O2/c1-10(13-3-2-8-18-13)16-9-11-4-6-12(7-5-11)14(15)17/h4-7,10,13,16H,2-3,8-9H2,1H3,(H2,15,17). The monoisotopic (exact) mass is 248 g/mol. The summed E-state index contributed by atoms with van der Waals surface area (Å²) < 4.78 is 5.63. The third-order valence-corrected chi connectivity index (χ3v) is 3.39. The van der Waals surface area contributed by atoms with Crippen LogP contribution in [-0.4, -0.2) is 24.7 Å². The molecular formula is C14H20N2O2. The molecule has 0 bridgehead atoms. The predicted octanol–water partition coefficient (Wildman–Crippen LogP) is 1.44. The van der Waals surface area contributed by atoms with Crippen molar-refractivity contribution in [2.75, 3.05) is 6.61 Å². The van der Waals surface area contributed by atoms with E-state index in [1.54, 1.807) is 12.1 Å². The normalized spacial score (nSPS) is 20.8. The Kier molecular flexibility index (Phi) is 4.33. The van der Waals surface area contributed by atoms with Gasteiger partial charge in [-0.25, -0.2) is 0 Å². The van der Waals surface area contributed by atoms with Gasteiger partial charge in [-0.2, -0.15) is 0 Å². The van der Waals surface area contributed by atoms with Crippen LogP contribution < -0.4 is 11.1 Å². The van der Waals surface area contributed by atoms with E-state index in [1.807, 2.05) is 12.1 Å². The molecule has 18 heavy (non-hydrogen) atoms. The minimum atomic E-state index is -0.387. The van der Waals surface area contributed by atoms with Gasteiger partial charge in [0, 0.05) is 24.8 Å². The third-order valence-electron chi connectivity index (χ3n) is 3.39. The lowest BCUT2D eigenvalue weighted by molar-refractivity contribution is 0.0832. The average Bonchev–Trinajstić information content (AvgIpc) is 2.90. The van der Waals surface area contributed by atoms with Crippen LogP contribution in [0.4, 0.5) is 0 Å². The minimum absolute atomic E-state index is 0.329. The molecule has 2 unspecified atom stereocenters. The van der Waals surface area contributed by atoms with Gasteiger partial charge in [-0.15, -0.1) is 0 Å². The highest BCUT2D eigenvalue weighted by Crippen LogP contribution is 2.15. The first kappa shape index (κ1) is 13.1. The molecule has 4 nitrogen and oxygen atoms in total. The first-order valence-electron chi connectivity index (χ1n) is 6.40. The fraction of sp³-hybridized carbons (Fsp3) is 0.500. The molecule has 1 fully saturated rings. The van der Waals surface area contributed by atoms with E-state index in [-0.39, 0.29) is 5.91 Å². The highest BCUT2D eigenvalue weighted by atomic mass is 16.5. The van der Waals surface area contributed by atoms with Crippen molar-refractivity contribution >= 4 is 5.91 Å². The number of nitrogens with one attached hydrogen (secondary N) is 1. The fourth-order valence-corrected chi connectivity index (χ4v) is 2.19. The van der Waals surface area contributed by atoms with Crippen molar-refractivity contribution in [1.82, 2.24) is 5.32 Å². The maximum Gasteiger partial charge on any atom is 0.248 e. The summed E-state index contributed by atoms with van der Waals surface area (Å²) in [5.74, 6) is -0.387. The molecule has 0 saturated carbocycles. The molecule has 4 heteroatoms. The van der Waals surface area contributed by atoms with Gasteiger partial charge in [-0.05, 0) is 37.5 Å². The Balaban J connectivity index is 1.84. The minimum Gasteiger partial charge on any atom is -0.377 e. The molecule has 0 spiro atoms. The van der Waals surface area contributed by atoms with Gasteiger partial charge < -0.3 is 15.8 Å². The number of amides is 1. The van der Waals surface area contributed by atoms with Crippen molar-refractivity contribution in [3.63, 3.8) is 0 Å². The number of nitrogens with two attached hydrogens (primary N) is 1. The van der Waals surface area contributed by atoms with Gasteiger partial charge in [0.25, 0.3) is 0 Å². The van der Waals surface area contributed by atoms with Crippen molar-refractivity contribution in [2.24, 2.45) is 5.73 Å². The second-order valence-electron chi connectivity index (χ2n) is 4.78. The zero-order valence-corrected chi connectivity index (χ0v) is 10.7. The number of ether oxygens (including phenoxy) is 1. The Morgan fingerprint density at radius 1 is 1.50 bits per heavy atom. The van der Waals surface area contributed by atoms with Crippen molar-refractivity contribution < 1.29 is 9.53 Å². The number of carbonyl (C=O) groups excluding carboxylic acids is 1. The van der Waals surface area contributed by atoms with Gasteiger partial charge >= 0.3 is 0 Å². The van der Waals surface area contributed by atoms with Crippen LogP contribution in [0.5, 0.6) is 0 Å². The molecule has 98 valence electrons. The first-order valence-corrected chi connectivity index (χ1v) is 6.40. The Bertz CT molecular complexity index is 397. The molecule has 1 aromatic rings. The van der Waals surface area contributed by atoms with Crippen molar-refractivity contribution in [1.29, 1.82) is 0 Å². The van der Waals surface area contributed by atoms with E-state index >= 15 is 0 Å². The second-order valence-corrected chi connectivity index (χ2v) is 4.78. The summed E-state index contributed by atoms with van der Waals surface area (Å²) in [7, 11) is 0. The fourth-order valence-electron chi connectivity index (χ4n) is 2.19. The van der Waals surface area contributed by atoms with Crippen LogP contribution >= 0.6 is 0 Å². The van der Waals surface area contributed by atoms with E-state index in [0.717, 1.165) is 31.6 Å². The van der Waals surface area contributed by atoms with Crippen molar-refractivity contribution in [3.8, 4) is 0 Å². The van der Waals surface area contributed by atoms with E-state index in [0.29, 0.717) is 17.7 Å². The molecule has 0 radical (unpaired) electrons. The molecule has 1 aliphatic rings. The summed E-state index contributed by atoms with van der Waals surface area (Å²) in [4.78, 5) is 10.9. The van der Waals surface area contributed by atoms with Gasteiger partial charge in [-0.1, -0.05) is 12.1 Å². The maximum atomic E-state index is 10.9. The van der Waals surface area contributed by atoms with Crippen LogP contribution in [0.1, 0.15) is 35.7 Å². The molecule has 1 saturated heterocycles. The Labute approximate surface area is 108 Å². The van der Waals surface area contributed by atoms with E-state index in [9.17, 15) is 4.79 Å². The third kappa shape index (κ3) is 3.31. The Morgan fingerprint density at radius 3 is 2.78 bits per heavy atom. The van der Waals surface area contributed by atoms with Crippen LogP contribution in [0.15, 0.2) is 24.3 Å².